The molecule has 41 heavy (non-hydrogen) atoms. The molecule has 4 rings (SSSR count). The second-order valence-corrected chi connectivity index (χ2v) is 13.2. The highest BCUT2D eigenvalue weighted by Crippen LogP contribution is 2.34. The van der Waals surface area contributed by atoms with Crippen molar-refractivity contribution in [2.24, 2.45) is 0 Å². The van der Waals surface area contributed by atoms with Gasteiger partial charge in [-0.15, -0.1) is 0 Å². The van der Waals surface area contributed by atoms with E-state index in [0.717, 1.165) is 15.4 Å². The Labute approximate surface area is 240 Å². The lowest BCUT2D eigenvalue weighted by atomic mass is 10.2. The Kier molecular flexibility index (Phi) is 9.22. The SMILES string of the molecule is COc1ccc(S(=O)(=O)N2CCOCC2)cc1NC(=O)CN(c1cc(C)ccc1OC)S(=O)(=O)c1ccc(C)cc1. The molecule has 1 aliphatic heterocycles. The largest absolute Gasteiger partial charge is 0.495 e. The highest BCUT2D eigenvalue weighted by atomic mass is 32.2. The van der Waals surface area contributed by atoms with Crippen LogP contribution in [0.3, 0.4) is 0 Å². The maximum atomic E-state index is 13.9. The highest BCUT2D eigenvalue weighted by Gasteiger charge is 2.31. The average molecular weight is 604 g/mol. The Morgan fingerprint density at radius 1 is 0.854 bits per heavy atom. The van der Waals surface area contributed by atoms with Gasteiger partial charge in [0.25, 0.3) is 10.0 Å². The molecular weight excluding hydrogens is 570 g/mol. The number of morpholine rings is 1. The molecule has 3 aromatic carbocycles. The summed E-state index contributed by atoms with van der Waals surface area (Å²) >= 11 is 0. The van der Waals surface area contributed by atoms with E-state index in [2.05, 4.69) is 5.32 Å². The number of hydrogen-bond acceptors (Lipinski definition) is 8. The summed E-state index contributed by atoms with van der Waals surface area (Å²) in [5, 5.41) is 2.64. The van der Waals surface area contributed by atoms with E-state index in [1.807, 2.05) is 6.92 Å². The Morgan fingerprint density at radius 3 is 2.07 bits per heavy atom. The second-order valence-electron chi connectivity index (χ2n) is 9.43. The van der Waals surface area contributed by atoms with Crippen LogP contribution in [-0.4, -0.2) is 74.1 Å². The Bertz CT molecular complexity index is 1620. The lowest BCUT2D eigenvalue weighted by Gasteiger charge is -2.27. The molecule has 1 amide bonds. The number of benzene rings is 3. The van der Waals surface area contributed by atoms with Gasteiger partial charge < -0.3 is 19.5 Å². The smallest absolute Gasteiger partial charge is 0.264 e. The Hall–Kier alpha value is -3.65. The van der Waals surface area contributed by atoms with Crippen LogP contribution in [0.25, 0.3) is 0 Å². The van der Waals surface area contributed by atoms with Crippen molar-refractivity contribution in [3.63, 3.8) is 0 Å². The minimum atomic E-state index is -4.22. The molecule has 0 aliphatic carbocycles. The molecule has 0 spiro atoms. The van der Waals surface area contributed by atoms with Gasteiger partial charge in [-0.3, -0.25) is 9.10 Å². The van der Waals surface area contributed by atoms with Crippen LogP contribution in [0.5, 0.6) is 11.5 Å². The molecule has 1 fully saturated rings. The molecule has 11 nitrogen and oxygen atoms in total. The van der Waals surface area contributed by atoms with Gasteiger partial charge in [-0.1, -0.05) is 23.8 Å². The third-order valence-corrected chi connectivity index (χ3v) is 10.2. The van der Waals surface area contributed by atoms with Crippen LogP contribution in [0.1, 0.15) is 11.1 Å². The van der Waals surface area contributed by atoms with Gasteiger partial charge in [0, 0.05) is 13.1 Å². The van der Waals surface area contributed by atoms with E-state index in [0.29, 0.717) is 0 Å². The third-order valence-electron chi connectivity index (χ3n) is 6.55. The number of nitrogens with one attached hydrogen (secondary N) is 1. The van der Waals surface area contributed by atoms with Crippen LogP contribution in [0, 0.1) is 13.8 Å². The molecule has 0 bridgehead atoms. The molecule has 3 aromatic rings. The molecule has 13 heteroatoms. The molecule has 1 N–H and O–H groups in total. The number of carbonyl (C=O) groups excluding carboxylic acids is 1. The molecular formula is C28H33N3O8S2. The van der Waals surface area contributed by atoms with Crippen LogP contribution < -0.4 is 19.1 Å². The van der Waals surface area contributed by atoms with Gasteiger partial charge in [0.15, 0.2) is 0 Å². The quantitative estimate of drug-likeness (QED) is 0.374. The third kappa shape index (κ3) is 6.64. The van der Waals surface area contributed by atoms with Crippen molar-refractivity contribution in [2.75, 3.05) is 56.7 Å². The van der Waals surface area contributed by atoms with E-state index in [9.17, 15) is 21.6 Å². The molecule has 0 atom stereocenters. The van der Waals surface area contributed by atoms with Crippen LogP contribution >= 0.6 is 0 Å². The van der Waals surface area contributed by atoms with E-state index in [4.69, 9.17) is 14.2 Å². The number of hydrogen-bond donors (Lipinski definition) is 1. The van der Waals surface area contributed by atoms with Gasteiger partial charge in [0.05, 0.1) is 48.6 Å². The number of methoxy groups -OCH3 is 2. The maximum Gasteiger partial charge on any atom is 0.264 e. The second kappa shape index (κ2) is 12.5. The lowest BCUT2D eigenvalue weighted by molar-refractivity contribution is -0.114. The van der Waals surface area contributed by atoms with Crippen molar-refractivity contribution in [1.29, 1.82) is 0 Å². The van der Waals surface area contributed by atoms with E-state index >= 15 is 0 Å². The molecule has 0 saturated carbocycles. The predicted molar refractivity (Wildman–Crippen MR) is 155 cm³/mol. The fourth-order valence-electron chi connectivity index (χ4n) is 4.33. The first-order chi connectivity index (χ1) is 19.5. The van der Waals surface area contributed by atoms with E-state index < -0.39 is 32.5 Å². The van der Waals surface area contributed by atoms with Crippen molar-refractivity contribution in [3.8, 4) is 11.5 Å². The van der Waals surface area contributed by atoms with Gasteiger partial charge in [-0.05, 0) is 61.9 Å². The van der Waals surface area contributed by atoms with Gasteiger partial charge >= 0.3 is 0 Å². The zero-order valence-corrected chi connectivity index (χ0v) is 24.9. The Balaban J connectivity index is 1.70. The fourth-order valence-corrected chi connectivity index (χ4v) is 7.19. The fraction of sp³-hybridized carbons (Fsp3) is 0.321. The molecule has 0 unspecified atom stereocenters. The first-order valence-electron chi connectivity index (χ1n) is 12.8. The number of nitrogens with zero attached hydrogens (tertiary/aromatic N) is 2. The summed E-state index contributed by atoms with van der Waals surface area (Å²) in [6.45, 7) is 4.00. The first-order valence-corrected chi connectivity index (χ1v) is 15.6. The van der Waals surface area contributed by atoms with Crippen LogP contribution in [0.4, 0.5) is 11.4 Å². The molecule has 220 valence electrons. The van der Waals surface area contributed by atoms with Gasteiger partial charge in [0.2, 0.25) is 15.9 Å². The summed E-state index contributed by atoms with van der Waals surface area (Å²) in [6.07, 6.45) is 0. The van der Waals surface area contributed by atoms with Crippen molar-refractivity contribution < 1.29 is 35.8 Å². The topological polar surface area (TPSA) is 132 Å². The zero-order chi connectivity index (χ0) is 29.8. The molecule has 0 aromatic heterocycles. The number of aryl methyl sites for hydroxylation is 2. The Morgan fingerprint density at radius 2 is 1.44 bits per heavy atom. The average Bonchev–Trinajstić information content (AvgIpc) is 2.96. The standard InChI is InChI=1S/C28H33N3O8S2/c1-20-5-8-22(9-6-20)41(35,36)31(25-17-21(2)7-11-27(25)38-4)19-28(32)29-24-18-23(10-12-26(24)37-3)40(33,34)30-13-15-39-16-14-30/h5-12,17-18H,13-16,19H2,1-4H3,(H,29,32). The van der Waals surface area contributed by atoms with Crippen LogP contribution in [-0.2, 0) is 29.6 Å². The summed E-state index contributed by atoms with van der Waals surface area (Å²) in [7, 11) is -5.29. The van der Waals surface area contributed by atoms with Crippen molar-refractivity contribution in [2.45, 2.75) is 23.6 Å². The number of ether oxygens (including phenoxy) is 3. The molecule has 1 heterocycles. The normalized spacial score (nSPS) is 14.3. The van der Waals surface area contributed by atoms with Gasteiger partial charge in [-0.2, -0.15) is 4.31 Å². The predicted octanol–water partition coefficient (Wildman–Crippen LogP) is 3.18. The summed E-state index contributed by atoms with van der Waals surface area (Å²) in [5.41, 5.74) is 1.89. The first kappa shape index (κ1) is 30.3. The number of amides is 1. The molecule has 1 aliphatic rings. The maximum absolute atomic E-state index is 13.9. The number of rotatable bonds is 10. The highest BCUT2D eigenvalue weighted by molar-refractivity contribution is 7.93. The summed E-state index contributed by atoms with van der Waals surface area (Å²) in [5.74, 6) is -0.251. The lowest BCUT2D eigenvalue weighted by Crippen LogP contribution is -2.40. The van der Waals surface area contributed by atoms with Crippen LogP contribution in [0.15, 0.2) is 70.5 Å². The minimum absolute atomic E-state index is 0.00404. The van der Waals surface area contributed by atoms with Gasteiger partial charge in [0.1, 0.15) is 18.0 Å². The van der Waals surface area contributed by atoms with E-state index in [1.54, 1.807) is 37.3 Å². The minimum Gasteiger partial charge on any atom is -0.495 e. The van der Waals surface area contributed by atoms with E-state index in [1.165, 1.54) is 48.9 Å². The van der Waals surface area contributed by atoms with Crippen LogP contribution in [0.2, 0.25) is 0 Å². The number of carbonyl (C=O) groups is 1. The van der Waals surface area contributed by atoms with Crippen molar-refractivity contribution in [3.05, 3.63) is 71.8 Å². The summed E-state index contributed by atoms with van der Waals surface area (Å²) in [6, 6.07) is 15.4. The van der Waals surface area contributed by atoms with E-state index in [-0.39, 0.29) is 59.0 Å². The van der Waals surface area contributed by atoms with Gasteiger partial charge in [-0.25, -0.2) is 16.8 Å². The number of anilines is 2. The monoisotopic (exact) mass is 603 g/mol. The summed E-state index contributed by atoms with van der Waals surface area (Å²) in [4.78, 5) is 13.4. The zero-order valence-electron chi connectivity index (χ0n) is 23.3. The molecule has 1 saturated heterocycles. The van der Waals surface area contributed by atoms with Crippen molar-refractivity contribution in [1.82, 2.24) is 4.31 Å². The summed E-state index contributed by atoms with van der Waals surface area (Å²) < 4.78 is 72.5. The number of sulfonamides is 2. The molecule has 0 radical (unpaired) electrons. The van der Waals surface area contributed by atoms with Crippen molar-refractivity contribution >= 4 is 37.3 Å².